The second kappa shape index (κ2) is 6.04. The van der Waals surface area contributed by atoms with E-state index in [0.29, 0.717) is 0 Å². The number of aromatic nitrogens is 2. The van der Waals surface area contributed by atoms with E-state index in [1.165, 1.54) is 26.0 Å². The molecule has 0 saturated carbocycles. The summed E-state index contributed by atoms with van der Waals surface area (Å²) < 4.78 is 1.89. The Hall–Kier alpha value is -3.16. The fourth-order valence-corrected chi connectivity index (χ4v) is 2.97. The van der Waals surface area contributed by atoms with Gasteiger partial charge in [-0.1, -0.05) is 30.3 Å². The van der Waals surface area contributed by atoms with Gasteiger partial charge in [0.1, 0.15) is 5.56 Å². The Bertz CT molecular complexity index is 988. The van der Waals surface area contributed by atoms with E-state index in [-0.39, 0.29) is 29.6 Å². The van der Waals surface area contributed by atoms with Crippen molar-refractivity contribution in [1.82, 2.24) is 14.1 Å². The normalized spacial score (nSPS) is 16.8. The highest BCUT2D eigenvalue weighted by molar-refractivity contribution is 6.04. The van der Waals surface area contributed by atoms with Gasteiger partial charge in [-0.3, -0.25) is 18.7 Å². The predicted octanol–water partition coefficient (Wildman–Crippen LogP) is 0.487. The topological polar surface area (TPSA) is 96.9 Å². The summed E-state index contributed by atoms with van der Waals surface area (Å²) in [6.07, 6.45) is 0.268. The number of benzene rings is 1. The predicted molar refractivity (Wildman–Crippen MR) is 91.4 cm³/mol. The average molecular weight is 342 g/mol. The maximum Gasteiger partial charge on any atom is 0.333 e. The highest BCUT2D eigenvalue weighted by Crippen LogP contribution is 2.33. The van der Waals surface area contributed by atoms with Gasteiger partial charge >= 0.3 is 5.69 Å². The molecule has 2 heterocycles. The number of carbonyl (C=O) groups excluding carboxylic acids is 1. The van der Waals surface area contributed by atoms with Crippen LogP contribution in [0, 0.1) is 0 Å². The molecular weight excluding hydrogens is 324 g/mol. The van der Waals surface area contributed by atoms with Crippen LogP contribution in [-0.2, 0) is 18.9 Å². The van der Waals surface area contributed by atoms with Crippen LogP contribution in [0.2, 0.25) is 0 Å². The number of carbonyl (C=O) groups is 1. The van der Waals surface area contributed by atoms with E-state index in [9.17, 15) is 19.5 Å². The molecule has 1 atom stereocenters. The Morgan fingerprint density at radius 3 is 2.40 bits per heavy atom. The number of aromatic hydroxyl groups is 1. The van der Waals surface area contributed by atoms with E-state index < -0.39 is 17.1 Å². The standard InChI is InChI=1S/C17H18N4O4/c1-10(22)21-13(11-7-5-4-6-8-11)9-12(18-21)14-15(23)19(2)17(25)20(3)16(14)24/h4-8,13,23H,9H2,1-3H3/t13-/m0/s1. The van der Waals surface area contributed by atoms with Crippen molar-refractivity contribution in [2.24, 2.45) is 19.2 Å². The first-order valence-electron chi connectivity index (χ1n) is 7.74. The highest BCUT2D eigenvalue weighted by atomic mass is 16.3. The van der Waals surface area contributed by atoms with Crippen LogP contribution in [0.25, 0.3) is 0 Å². The zero-order valence-electron chi connectivity index (χ0n) is 14.1. The van der Waals surface area contributed by atoms with Crippen molar-refractivity contribution in [3.8, 4) is 5.88 Å². The van der Waals surface area contributed by atoms with Crippen LogP contribution in [0.4, 0.5) is 0 Å². The maximum atomic E-state index is 12.5. The van der Waals surface area contributed by atoms with E-state index >= 15 is 0 Å². The molecule has 25 heavy (non-hydrogen) atoms. The summed E-state index contributed by atoms with van der Waals surface area (Å²) in [5, 5.41) is 15.9. The summed E-state index contributed by atoms with van der Waals surface area (Å²) in [7, 11) is 2.70. The van der Waals surface area contributed by atoms with Crippen molar-refractivity contribution >= 4 is 11.6 Å². The van der Waals surface area contributed by atoms with Gasteiger partial charge in [-0.2, -0.15) is 5.10 Å². The average Bonchev–Trinajstić information content (AvgIpc) is 3.04. The molecule has 1 aliphatic heterocycles. The van der Waals surface area contributed by atoms with Gasteiger partial charge in [0, 0.05) is 27.4 Å². The Labute approximate surface area is 143 Å². The Morgan fingerprint density at radius 2 is 1.80 bits per heavy atom. The van der Waals surface area contributed by atoms with Crippen LogP contribution in [-0.4, -0.2) is 30.9 Å². The quantitative estimate of drug-likeness (QED) is 0.859. The monoisotopic (exact) mass is 342 g/mol. The van der Waals surface area contributed by atoms with E-state index in [1.807, 2.05) is 30.3 Å². The molecule has 0 unspecified atom stereocenters. The molecule has 0 radical (unpaired) electrons. The number of nitrogens with zero attached hydrogens (tertiary/aromatic N) is 4. The van der Waals surface area contributed by atoms with Crippen molar-refractivity contribution in [2.75, 3.05) is 0 Å². The van der Waals surface area contributed by atoms with Crippen molar-refractivity contribution in [3.63, 3.8) is 0 Å². The minimum atomic E-state index is -0.642. The van der Waals surface area contributed by atoms with E-state index in [1.54, 1.807) is 0 Å². The molecule has 3 rings (SSSR count). The first-order chi connectivity index (χ1) is 11.8. The Kier molecular flexibility index (Phi) is 4.03. The van der Waals surface area contributed by atoms with Crippen molar-refractivity contribution in [2.45, 2.75) is 19.4 Å². The summed E-state index contributed by atoms with van der Waals surface area (Å²) in [6, 6.07) is 8.96. The zero-order valence-corrected chi connectivity index (χ0v) is 14.1. The number of hydrogen-bond acceptors (Lipinski definition) is 5. The fourth-order valence-electron chi connectivity index (χ4n) is 2.97. The number of hydrazone groups is 1. The molecule has 0 spiro atoms. The molecule has 1 amide bonds. The lowest BCUT2D eigenvalue weighted by Crippen LogP contribution is -2.39. The fraction of sp³-hybridized carbons (Fsp3) is 0.294. The second-order valence-electron chi connectivity index (χ2n) is 5.95. The zero-order chi connectivity index (χ0) is 18.3. The van der Waals surface area contributed by atoms with Gasteiger partial charge in [0.2, 0.25) is 11.8 Å². The molecule has 0 fully saturated rings. The minimum Gasteiger partial charge on any atom is -0.494 e. The highest BCUT2D eigenvalue weighted by Gasteiger charge is 2.34. The van der Waals surface area contributed by atoms with Crippen molar-refractivity contribution in [3.05, 3.63) is 62.3 Å². The lowest BCUT2D eigenvalue weighted by atomic mass is 9.99. The Balaban J connectivity index is 2.14. The molecule has 0 saturated heterocycles. The summed E-state index contributed by atoms with van der Waals surface area (Å²) in [6.45, 7) is 1.39. The first-order valence-corrected chi connectivity index (χ1v) is 7.74. The van der Waals surface area contributed by atoms with Gasteiger partial charge in [0.25, 0.3) is 5.56 Å². The molecule has 1 N–H and O–H groups in total. The lowest BCUT2D eigenvalue weighted by Gasteiger charge is -2.20. The van der Waals surface area contributed by atoms with Gasteiger partial charge < -0.3 is 5.11 Å². The largest absolute Gasteiger partial charge is 0.494 e. The molecule has 8 nitrogen and oxygen atoms in total. The van der Waals surface area contributed by atoms with Gasteiger partial charge in [-0.25, -0.2) is 9.80 Å². The van der Waals surface area contributed by atoms with Crippen LogP contribution < -0.4 is 11.2 Å². The van der Waals surface area contributed by atoms with Gasteiger partial charge in [-0.05, 0) is 5.56 Å². The SMILES string of the molecule is CC(=O)N1N=C(c2c(O)n(C)c(=O)n(C)c2=O)C[C@H]1c1ccccc1. The summed E-state index contributed by atoms with van der Waals surface area (Å²) in [5.74, 6) is -0.728. The summed E-state index contributed by atoms with van der Waals surface area (Å²) >= 11 is 0. The molecule has 0 bridgehead atoms. The van der Waals surface area contributed by atoms with Crippen LogP contribution in [0.15, 0.2) is 45.0 Å². The Morgan fingerprint density at radius 1 is 1.16 bits per heavy atom. The third kappa shape index (κ3) is 2.65. The smallest absolute Gasteiger partial charge is 0.333 e. The lowest BCUT2D eigenvalue weighted by molar-refractivity contribution is -0.130. The molecule has 130 valence electrons. The van der Waals surface area contributed by atoms with E-state index in [0.717, 1.165) is 14.7 Å². The van der Waals surface area contributed by atoms with Crippen LogP contribution >= 0.6 is 0 Å². The van der Waals surface area contributed by atoms with Crippen LogP contribution in [0.1, 0.15) is 30.5 Å². The maximum absolute atomic E-state index is 12.5. The van der Waals surface area contributed by atoms with Crippen LogP contribution in [0.5, 0.6) is 5.88 Å². The summed E-state index contributed by atoms with van der Waals surface area (Å²) in [5.41, 5.74) is -0.186. The third-order valence-corrected chi connectivity index (χ3v) is 4.34. The molecule has 1 aromatic carbocycles. The molecule has 1 aliphatic rings. The first kappa shape index (κ1) is 16.7. The molecule has 2 aromatic rings. The molecular formula is C17H18N4O4. The molecule has 1 aromatic heterocycles. The number of rotatable bonds is 2. The minimum absolute atomic E-state index is 0.0609. The van der Waals surface area contributed by atoms with Gasteiger partial charge in [0.15, 0.2) is 0 Å². The second-order valence-corrected chi connectivity index (χ2v) is 5.95. The van der Waals surface area contributed by atoms with E-state index in [2.05, 4.69) is 5.10 Å². The number of amides is 1. The molecule has 0 aliphatic carbocycles. The van der Waals surface area contributed by atoms with Crippen molar-refractivity contribution < 1.29 is 9.90 Å². The summed E-state index contributed by atoms with van der Waals surface area (Å²) in [4.78, 5) is 36.4. The number of hydrogen-bond donors (Lipinski definition) is 1. The van der Waals surface area contributed by atoms with E-state index in [4.69, 9.17) is 0 Å². The van der Waals surface area contributed by atoms with Gasteiger partial charge in [-0.15, -0.1) is 0 Å². The van der Waals surface area contributed by atoms with Crippen molar-refractivity contribution in [1.29, 1.82) is 0 Å². The van der Waals surface area contributed by atoms with Crippen LogP contribution in [0.3, 0.4) is 0 Å². The molecule has 8 heteroatoms. The van der Waals surface area contributed by atoms with Gasteiger partial charge in [0.05, 0.1) is 11.8 Å². The third-order valence-electron chi connectivity index (χ3n) is 4.34.